The van der Waals surface area contributed by atoms with Crippen molar-refractivity contribution in [3.8, 4) is 0 Å². The molecule has 0 bridgehead atoms. The summed E-state index contributed by atoms with van der Waals surface area (Å²) in [4.78, 5) is 29.5. The van der Waals surface area contributed by atoms with Crippen LogP contribution in [-0.2, 0) is 9.53 Å². The number of piperidine rings is 1. The van der Waals surface area contributed by atoms with E-state index >= 15 is 0 Å². The van der Waals surface area contributed by atoms with Crippen molar-refractivity contribution in [2.75, 3.05) is 25.4 Å². The summed E-state index contributed by atoms with van der Waals surface area (Å²) >= 11 is 1.24. The molecule has 19 heavy (non-hydrogen) atoms. The molecule has 1 aromatic rings. The Morgan fingerprint density at radius 1 is 1.63 bits per heavy atom. The summed E-state index contributed by atoms with van der Waals surface area (Å²) in [6.45, 7) is 3.19. The van der Waals surface area contributed by atoms with E-state index in [1.165, 1.54) is 11.3 Å². The monoisotopic (exact) mass is 283 g/mol. The SMILES string of the molecule is CCOC(=O)C1CCCN(C(=O)c2csc(N)n2)C1. The van der Waals surface area contributed by atoms with Crippen molar-refractivity contribution < 1.29 is 14.3 Å². The van der Waals surface area contributed by atoms with E-state index in [1.54, 1.807) is 17.2 Å². The van der Waals surface area contributed by atoms with E-state index in [2.05, 4.69) is 4.98 Å². The number of carbonyl (C=O) groups is 2. The summed E-state index contributed by atoms with van der Waals surface area (Å²) < 4.78 is 5.01. The number of ether oxygens (including phenoxy) is 1. The summed E-state index contributed by atoms with van der Waals surface area (Å²) in [5.74, 6) is -0.617. The van der Waals surface area contributed by atoms with Crippen molar-refractivity contribution in [3.63, 3.8) is 0 Å². The van der Waals surface area contributed by atoms with Gasteiger partial charge in [0.25, 0.3) is 5.91 Å². The zero-order valence-electron chi connectivity index (χ0n) is 10.8. The second-order valence-electron chi connectivity index (χ2n) is 4.41. The van der Waals surface area contributed by atoms with Gasteiger partial charge in [0.1, 0.15) is 5.69 Å². The fraction of sp³-hybridized carbons (Fsp3) is 0.583. The molecule has 2 N–H and O–H groups in total. The minimum Gasteiger partial charge on any atom is -0.466 e. The molecule has 0 aliphatic carbocycles. The first-order valence-electron chi connectivity index (χ1n) is 6.28. The van der Waals surface area contributed by atoms with Gasteiger partial charge in [-0.3, -0.25) is 9.59 Å². The second-order valence-corrected chi connectivity index (χ2v) is 5.30. The molecule has 0 spiro atoms. The third kappa shape index (κ3) is 3.23. The first-order valence-corrected chi connectivity index (χ1v) is 7.16. The van der Waals surface area contributed by atoms with Crippen molar-refractivity contribution >= 4 is 28.3 Å². The van der Waals surface area contributed by atoms with Crippen molar-refractivity contribution in [1.29, 1.82) is 0 Å². The summed E-state index contributed by atoms with van der Waals surface area (Å²) in [5.41, 5.74) is 5.88. The lowest BCUT2D eigenvalue weighted by molar-refractivity contribution is -0.149. The number of thiazole rings is 1. The van der Waals surface area contributed by atoms with E-state index in [1.807, 2.05) is 0 Å². The molecule has 2 rings (SSSR count). The Bertz CT molecular complexity index is 475. The van der Waals surface area contributed by atoms with Crippen LogP contribution >= 0.6 is 11.3 Å². The molecule has 1 aliphatic rings. The maximum atomic E-state index is 12.2. The number of rotatable bonds is 3. The molecule has 104 valence electrons. The molecular weight excluding hydrogens is 266 g/mol. The Balaban J connectivity index is 2.01. The third-order valence-electron chi connectivity index (χ3n) is 3.07. The summed E-state index contributed by atoms with van der Waals surface area (Å²) in [5, 5.41) is 2.02. The van der Waals surface area contributed by atoms with Crippen molar-refractivity contribution in [1.82, 2.24) is 9.88 Å². The topological polar surface area (TPSA) is 85.5 Å². The first-order chi connectivity index (χ1) is 9.11. The average molecular weight is 283 g/mol. The van der Waals surface area contributed by atoms with E-state index in [-0.39, 0.29) is 17.8 Å². The van der Waals surface area contributed by atoms with E-state index in [0.717, 1.165) is 12.8 Å². The molecule has 1 atom stereocenters. The van der Waals surface area contributed by atoms with Crippen molar-refractivity contribution in [2.24, 2.45) is 5.92 Å². The van der Waals surface area contributed by atoms with Gasteiger partial charge in [0.05, 0.1) is 12.5 Å². The highest BCUT2D eigenvalue weighted by atomic mass is 32.1. The van der Waals surface area contributed by atoms with Crippen LogP contribution in [-0.4, -0.2) is 41.5 Å². The highest BCUT2D eigenvalue weighted by Gasteiger charge is 2.30. The molecule has 0 radical (unpaired) electrons. The Morgan fingerprint density at radius 2 is 2.42 bits per heavy atom. The third-order valence-corrected chi connectivity index (χ3v) is 3.74. The standard InChI is InChI=1S/C12H17N3O3S/c1-2-18-11(17)8-4-3-5-15(6-8)10(16)9-7-19-12(13)14-9/h7-8H,2-6H2,1H3,(H2,13,14). The molecule has 1 amide bonds. The molecule has 0 saturated carbocycles. The highest BCUT2D eigenvalue weighted by Crippen LogP contribution is 2.21. The van der Waals surface area contributed by atoms with Gasteiger partial charge >= 0.3 is 5.97 Å². The number of esters is 1. The molecule has 0 aromatic carbocycles. The second kappa shape index (κ2) is 6.01. The minimum absolute atomic E-state index is 0.165. The van der Waals surface area contributed by atoms with Crippen molar-refractivity contribution in [3.05, 3.63) is 11.1 Å². The lowest BCUT2D eigenvalue weighted by Gasteiger charge is -2.31. The normalized spacial score (nSPS) is 19.2. The number of hydrogen-bond acceptors (Lipinski definition) is 6. The van der Waals surface area contributed by atoms with Crippen LogP contribution < -0.4 is 5.73 Å². The molecule has 1 unspecified atom stereocenters. The molecule has 1 aromatic heterocycles. The van der Waals surface area contributed by atoms with Crippen LogP contribution in [0.15, 0.2) is 5.38 Å². The van der Waals surface area contributed by atoms with Gasteiger partial charge in [0, 0.05) is 18.5 Å². The fourth-order valence-electron chi connectivity index (χ4n) is 2.16. The number of carbonyl (C=O) groups excluding carboxylic acids is 2. The number of anilines is 1. The van der Waals surface area contributed by atoms with Crippen LogP contribution in [0.3, 0.4) is 0 Å². The number of hydrogen-bond donors (Lipinski definition) is 1. The maximum absolute atomic E-state index is 12.2. The van der Waals surface area contributed by atoms with Crippen molar-refractivity contribution in [2.45, 2.75) is 19.8 Å². The first kappa shape index (κ1) is 13.8. The molecule has 1 aliphatic heterocycles. The predicted octanol–water partition coefficient (Wildman–Crippen LogP) is 1.14. The van der Waals surface area contributed by atoms with Crippen LogP contribution in [0.4, 0.5) is 5.13 Å². The summed E-state index contributed by atoms with van der Waals surface area (Å²) in [6.07, 6.45) is 1.57. The number of nitrogens with two attached hydrogens (primary N) is 1. The van der Waals surface area contributed by atoms with E-state index in [0.29, 0.717) is 30.5 Å². The summed E-state index contributed by atoms with van der Waals surface area (Å²) in [7, 11) is 0. The average Bonchev–Trinajstić information content (AvgIpc) is 2.85. The van der Waals surface area contributed by atoms with Gasteiger partial charge < -0.3 is 15.4 Å². The van der Waals surface area contributed by atoms with Crippen LogP contribution in [0.5, 0.6) is 0 Å². The zero-order valence-corrected chi connectivity index (χ0v) is 11.6. The van der Waals surface area contributed by atoms with Gasteiger partial charge in [-0.1, -0.05) is 0 Å². The lowest BCUT2D eigenvalue weighted by atomic mass is 9.98. The Labute approximate surface area is 115 Å². The van der Waals surface area contributed by atoms with Gasteiger partial charge in [-0.05, 0) is 19.8 Å². The largest absolute Gasteiger partial charge is 0.466 e. The van der Waals surface area contributed by atoms with Crippen LogP contribution in [0.25, 0.3) is 0 Å². The van der Waals surface area contributed by atoms with Crippen LogP contribution in [0.2, 0.25) is 0 Å². The fourth-order valence-corrected chi connectivity index (χ4v) is 2.70. The van der Waals surface area contributed by atoms with E-state index < -0.39 is 0 Å². The molecule has 2 heterocycles. The Hall–Kier alpha value is -1.63. The molecule has 7 heteroatoms. The van der Waals surface area contributed by atoms with E-state index in [9.17, 15) is 9.59 Å². The smallest absolute Gasteiger partial charge is 0.310 e. The lowest BCUT2D eigenvalue weighted by Crippen LogP contribution is -2.42. The molecule has 1 saturated heterocycles. The summed E-state index contributed by atoms with van der Waals surface area (Å²) in [6, 6.07) is 0. The Kier molecular flexibility index (Phi) is 4.36. The van der Waals surface area contributed by atoms with E-state index in [4.69, 9.17) is 10.5 Å². The number of nitrogen functional groups attached to an aromatic ring is 1. The zero-order chi connectivity index (χ0) is 13.8. The number of aromatic nitrogens is 1. The van der Waals surface area contributed by atoms with Gasteiger partial charge in [-0.2, -0.15) is 0 Å². The maximum Gasteiger partial charge on any atom is 0.310 e. The van der Waals surface area contributed by atoms with Gasteiger partial charge in [-0.15, -0.1) is 11.3 Å². The highest BCUT2D eigenvalue weighted by molar-refractivity contribution is 7.13. The van der Waals surface area contributed by atoms with Gasteiger partial charge in [0.2, 0.25) is 0 Å². The van der Waals surface area contributed by atoms with Crippen LogP contribution in [0, 0.1) is 5.92 Å². The quantitative estimate of drug-likeness (QED) is 0.841. The van der Waals surface area contributed by atoms with Crippen LogP contribution in [0.1, 0.15) is 30.3 Å². The molecule has 6 nitrogen and oxygen atoms in total. The van der Waals surface area contributed by atoms with Gasteiger partial charge in [0.15, 0.2) is 5.13 Å². The molecule has 1 fully saturated rings. The number of likely N-dealkylation sites (tertiary alicyclic amines) is 1. The predicted molar refractivity (Wildman–Crippen MR) is 71.8 cm³/mol. The molecular formula is C12H17N3O3S. The number of amides is 1. The minimum atomic E-state index is -0.228. The Morgan fingerprint density at radius 3 is 3.05 bits per heavy atom. The number of nitrogens with zero attached hydrogens (tertiary/aromatic N) is 2. The van der Waals surface area contributed by atoms with Gasteiger partial charge in [-0.25, -0.2) is 4.98 Å².